The van der Waals surface area contributed by atoms with Crippen molar-refractivity contribution in [2.75, 3.05) is 13.3 Å². The predicted octanol–water partition coefficient (Wildman–Crippen LogP) is 3.93. The molecule has 0 aliphatic carbocycles. The second kappa shape index (κ2) is 8.20. The normalized spacial score (nSPS) is 11.7. The van der Waals surface area contributed by atoms with E-state index in [4.69, 9.17) is 21.2 Å². The first-order valence-electron chi connectivity index (χ1n) is 8.37. The number of halogens is 1. The Morgan fingerprint density at radius 2 is 1.69 bits per heavy atom. The minimum absolute atomic E-state index is 0.146. The molecule has 29 heavy (non-hydrogen) atoms. The van der Waals surface area contributed by atoms with Crippen LogP contribution >= 0.6 is 11.6 Å². The topological polar surface area (TPSA) is 101 Å². The highest BCUT2D eigenvalue weighted by Crippen LogP contribution is 2.34. The first kappa shape index (κ1) is 20.8. The van der Waals surface area contributed by atoms with Crippen LogP contribution in [0.3, 0.4) is 0 Å². The van der Waals surface area contributed by atoms with Crippen LogP contribution in [0, 0.1) is 0 Å². The Kier molecular flexibility index (Phi) is 5.88. The lowest BCUT2D eigenvalue weighted by Gasteiger charge is -2.03. The van der Waals surface area contributed by atoms with Gasteiger partial charge in [-0.15, -0.1) is 0 Å². The summed E-state index contributed by atoms with van der Waals surface area (Å²) in [7, 11) is -2.12. The lowest BCUT2D eigenvalue weighted by molar-refractivity contribution is -0.153. The van der Waals surface area contributed by atoms with E-state index in [0.717, 1.165) is 12.3 Å². The van der Waals surface area contributed by atoms with Gasteiger partial charge in [0.15, 0.2) is 15.6 Å². The molecule has 3 aromatic rings. The fourth-order valence-electron chi connectivity index (χ4n) is 2.51. The molecule has 1 N–H and O–H groups in total. The van der Waals surface area contributed by atoms with Gasteiger partial charge in [0.05, 0.1) is 4.90 Å². The zero-order valence-electron chi connectivity index (χ0n) is 15.5. The number of carbonyl (C=O) groups is 1. The van der Waals surface area contributed by atoms with Crippen molar-refractivity contribution in [2.24, 2.45) is 0 Å². The van der Waals surface area contributed by atoms with Crippen molar-refractivity contribution in [3.63, 3.8) is 0 Å². The molecule has 0 atom stereocenters. The highest BCUT2D eigenvalue weighted by Gasteiger charge is 2.17. The summed E-state index contributed by atoms with van der Waals surface area (Å²) in [4.78, 5) is 16.2. The van der Waals surface area contributed by atoms with Crippen LogP contribution in [-0.2, 0) is 14.6 Å². The maximum Gasteiger partial charge on any atom is 0.269 e. The largest absolute Gasteiger partial charge is 0.436 e. The first-order chi connectivity index (χ1) is 13.6. The van der Waals surface area contributed by atoms with Gasteiger partial charge in [-0.3, -0.25) is 10.0 Å². The molecule has 9 heteroatoms. The van der Waals surface area contributed by atoms with E-state index in [1.165, 1.54) is 25.3 Å². The van der Waals surface area contributed by atoms with E-state index >= 15 is 0 Å². The van der Waals surface area contributed by atoms with E-state index in [1.54, 1.807) is 36.4 Å². The summed E-state index contributed by atoms with van der Waals surface area (Å²) >= 11 is 5.96. The molecule has 0 bridgehead atoms. The molecule has 0 saturated carbocycles. The third-order valence-electron chi connectivity index (χ3n) is 3.99. The molecule has 1 heterocycles. The molecule has 0 unspecified atom stereocenters. The van der Waals surface area contributed by atoms with Gasteiger partial charge >= 0.3 is 0 Å². The Hall–Kier alpha value is -2.94. The molecule has 0 radical (unpaired) electrons. The number of nitrogens with zero attached hydrogens (tertiary/aromatic N) is 2. The van der Waals surface area contributed by atoms with Crippen molar-refractivity contribution >= 4 is 33.4 Å². The van der Waals surface area contributed by atoms with Crippen molar-refractivity contribution in [2.45, 2.75) is 4.90 Å². The quantitative estimate of drug-likeness (QED) is 0.372. The number of carbonyl (C=O) groups excluding carboxylic acids is 1. The molecule has 0 aliphatic rings. The van der Waals surface area contributed by atoms with Crippen LogP contribution in [0.4, 0.5) is 0 Å². The monoisotopic (exact) mass is 432 g/mol. The molecule has 2 aromatic carbocycles. The highest BCUT2D eigenvalue weighted by atomic mass is 35.5. The molecule has 7 nitrogen and oxygen atoms in total. The van der Waals surface area contributed by atoms with Crippen LogP contribution in [-0.4, -0.2) is 42.9 Å². The Morgan fingerprint density at radius 3 is 2.24 bits per heavy atom. The summed E-state index contributed by atoms with van der Waals surface area (Å²) in [6.45, 7) is 0. The summed E-state index contributed by atoms with van der Waals surface area (Å²) in [6.07, 6.45) is 3.59. The Morgan fingerprint density at radius 1 is 1.10 bits per heavy atom. The fourth-order valence-corrected chi connectivity index (χ4v) is 3.27. The zero-order chi connectivity index (χ0) is 21.2. The van der Waals surface area contributed by atoms with Gasteiger partial charge in [-0.1, -0.05) is 23.7 Å². The number of hydrogen-bond donors (Lipinski definition) is 1. The third kappa shape index (κ3) is 4.92. The number of hydroxylamine groups is 2. The van der Waals surface area contributed by atoms with Crippen molar-refractivity contribution in [3.8, 4) is 22.6 Å². The fraction of sp³-hybridized carbons (Fsp3) is 0.100. The lowest BCUT2D eigenvalue weighted by Crippen LogP contribution is -2.19. The Labute approximate surface area is 172 Å². The zero-order valence-corrected chi connectivity index (χ0v) is 17.1. The Balaban J connectivity index is 2.08. The molecule has 1 aromatic heterocycles. The van der Waals surface area contributed by atoms with Gasteiger partial charge in [0.2, 0.25) is 5.89 Å². The third-order valence-corrected chi connectivity index (χ3v) is 5.37. The number of amides is 1. The van der Waals surface area contributed by atoms with Gasteiger partial charge < -0.3 is 4.42 Å². The summed E-state index contributed by atoms with van der Waals surface area (Å²) in [5.41, 5.74) is 1.81. The van der Waals surface area contributed by atoms with Gasteiger partial charge in [-0.25, -0.2) is 18.5 Å². The number of benzene rings is 2. The van der Waals surface area contributed by atoms with E-state index in [-0.39, 0.29) is 10.8 Å². The first-order valence-corrected chi connectivity index (χ1v) is 10.6. The number of likely N-dealkylation sites (N-methyl/N-ethyl adjacent to an activating group) is 1. The second-order valence-electron chi connectivity index (χ2n) is 6.23. The molecule has 0 spiro atoms. The minimum atomic E-state index is -3.33. The van der Waals surface area contributed by atoms with E-state index in [9.17, 15) is 13.2 Å². The SMILES string of the molecule is CN(O)C(=O)C=Cc1nc(-c2ccc(S(C)(=O)=O)cc2)c(-c2ccc(Cl)cc2)o1. The molecular formula is C20H17ClN2O5S. The van der Waals surface area contributed by atoms with E-state index in [0.29, 0.717) is 32.7 Å². The van der Waals surface area contributed by atoms with Gasteiger partial charge in [-0.05, 0) is 36.4 Å². The van der Waals surface area contributed by atoms with Crippen molar-refractivity contribution in [1.82, 2.24) is 10.0 Å². The summed E-state index contributed by atoms with van der Waals surface area (Å²) < 4.78 is 29.2. The molecular weight excluding hydrogens is 416 g/mol. The van der Waals surface area contributed by atoms with Gasteiger partial charge in [0, 0.05) is 41.6 Å². The van der Waals surface area contributed by atoms with Crippen LogP contribution in [0.15, 0.2) is 63.9 Å². The van der Waals surface area contributed by atoms with Gasteiger partial charge in [-0.2, -0.15) is 0 Å². The van der Waals surface area contributed by atoms with Crippen LogP contribution in [0.25, 0.3) is 28.7 Å². The summed E-state index contributed by atoms with van der Waals surface area (Å²) in [5, 5.41) is 10.1. The van der Waals surface area contributed by atoms with Crippen LogP contribution < -0.4 is 0 Å². The van der Waals surface area contributed by atoms with Crippen molar-refractivity contribution in [1.29, 1.82) is 0 Å². The number of hydrogen-bond acceptors (Lipinski definition) is 6. The van der Waals surface area contributed by atoms with Crippen LogP contribution in [0.2, 0.25) is 5.02 Å². The number of aromatic nitrogens is 1. The molecule has 3 rings (SSSR count). The average Bonchev–Trinajstić information content (AvgIpc) is 3.10. The lowest BCUT2D eigenvalue weighted by atomic mass is 10.1. The molecule has 0 aliphatic heterocycles. The number of sulfone groups is 1. The van der Waals surface area contributed by atoms with E-state index in [1.807, 2.05) is 0 Å². The van der Waals surface area contributed by atoms with E-state index < -0.39 is 15.7 Å². The second-order valence-corrected chi connectivity index (χ2v) is 8.68. The Bertz CT molecular complexity index is 1160. The average molecular weight is 433 g/mol. The minimum Gasteiger partial charge on any atom is -0.436 e. The van der Waals surface area contributed by atoms with Crippen molar-refractivity contribution < 1.29 is 22.8 Å². The van der Waals surface area contributed by atoms with Crippen LogP contribution in [0.5, 0.6) is 0 Å². The molecule has 1 amide bonds. The maximum absolute atomic E-state index is 11.7. The smallest absolute Gasteiger partial charge is 0.269 e. The van der Waals surface area contributed by atoms with E-state index in [2.05, 4.69) is 4.98 Å². The predicted molar refractivity (Wildman–Crippen MR) is 109 cm³/mol. The van der Waals surface area contributed by atoms with Gasteiger partial charge in [0.1, 0.15) is 5.69 Å². The highest BCUT2D eigenvalue weighted by molar-refractivity contribution is 7.90. The number of oxazole rings is 1. The molecule has 0 saturated heterocycles. The standard InChI is InChI=1S/C20H17ClN2O5S/c1-23(25)18(24)12-11-17-22-19(13-5-9-16(10-6-13)29(2,26)27)20(28-17)14-3-7-15(21)8-4-14/h3-12,25H,1-2H3. The molecule has 150 valence electrons. The van der Waals surface area contributed by atoms with Crippen LogP contribution in [0.1, 0.15) is 5.89 Å². The summed E-state index contributed by atoms with van der Waals surface area (Å²) in [5.74, 6) is -0.0686. The number of rotatable bonds is 5. The molecule has 0 fully saturated rings. The maximum atomic E-state index is 11.7. The summed E-state index contributed by atoms with van der Waals surface area (Å²) in [6, 6.07) is 13.2. The van der Waals surface area contributed by atoms with Crippen molar-refractivity contribution in [3.05, 3.63) is 65.5 Å². The van der Waals surface area contributed by atoms with Gasteiger partial charge in [0.25, 0.3) is 5.91 Å².